The minimum absolute atomic E-state index is 0.0738. The van der Waals surface area contributed by atoms with Gasteiger partial charge >= 0.3 is 6.18 Å². The van der Waals surface area contributed by atoms with E-state index in [1.807, 2.05) is 0 Å². The maximum atomic E-state index is 13.2. The fraction of sp³-hybridized carbons (Fsp3) is 0.214. The van der Waals surface area contributed by atoms with Crippen molar-refractivity contribution in [3.05, 3.63) is 47.8 Å². The molecule has 0 saturated carbocycles. The predicted octanol–water partition coefficient (Wildman–Crippen LogP) is 3.05. The molecule has 116 valence electrons. The molecule has 4 nitrogen and oxygen atoms in total. The number of imidazole rings is 1. The Morgan fingerprint density at radius 1 is 1.14 bits per heavy atom. The molecule has 2 aromatic heterocycles. The van der Waals surface area contributed by atoms with Crippen LogP contribution in [0.2, 0.25) is 0 Å². The molecular formula is C14H11F3N2O2S. The Morgan fingerprint density at radius 3 is 2.45 bits per heavy atom. The fourth-order valence-corrected chi connectivity index (χ4v) is 3.22. The summed E-state index contributed by atoms with van der Waals surface area (Å²) in [7, 11) is -3.65. The van der Waals surface area contributed by atoms with Gasteiger partial charge in [-0.25, -0.2) is 13.4 Å². The number of rotatable bonds is 2. The molecular weight excluding hydrogens is 317 g/mol. The number of halogens is 3. The van der Waals surface area contributed by atoms with Crippen molar-refractivity contribution in [2.75, 3.05) is 6.26 Å². The first-order valence-electron chi connectivity index (χ1n) is 6.31. The molecule has 0 radical (unpaired) electrons. The molecule has 8 heteroatoms. The molecule has 0 aliphatic rings. The summed E-state index contributed by atoms with van der Waals surface area (Å²) in [5, 5.41) is 0.705. The Morgan fingerprint density at radius 2 is 1.82 bits per heavy atom. The second kappa shape index (κ2) is 4.70. The minimum Gasteiger partial charge on any atom is -0.295 e. The Hall–Kier alpha value is -2.09. The first-order valence-corrected chi connectivity index (χ1v) is 8.37. The summed E-state index contributed by atoms with van der Waals surface area (Å²) in [6, 6.07) is 9.92. The lowest BCUT2D eigenvalue weighted by atomic mass is 10.2. The van der Waals surface area contributed by atoms with Gasteiger partial charge in [-0.05, 0) is 23.6 Å². The van der Waals surface area contributed by atoms with Gasteiger partial charge in [0, 0.05) is 6.26 Å². The summed E-state index contributed by atoms with van der Waals surface area (Å²) in [6.45, 7) is 0. The van der Waals surface area contributed by atoms with Crippen LogP contribution < -0.4 is 0 Å². The van der Waals surface area contributed by atoms with E-state index in [1.54, 1.807) is 30.3 Å². The predicted molar refractivity (Wildman–Crippen MR) is 76.2 cm³/mol. The van der Waals surface area contributed by atoms with Crippen LogP contribution in [0.4, 0.5) is 13.2 Å². The van der Waals surface area contributed by atoms with Crippen LogP contribution >= 0.6 is 0 Å². The standard InChI is InChI=1S/C14H11F3N2O2S/c1-22(20,21)8-11-13(14(15,16)17)18-12-7-6-9-4-2-3-5-10(9)19(11)12/h2-7H,8H2,1H3. The van der Waals surface area contributed by atoms with Crippen molar-refractivity contribution in [2.24, 2.45) is 0 Å². The molecule has 0 fully saturated rings. The Labute approximate surface area is 124 Å². The number of fused-ring (bicyclic) bond motifs is 3. The molecule has 0 unspecified atom stereocenters. The number of hydrogen-bond acceptors (Lipinski definition) is 3. The molecule has 0 spiro atoms. The van der Waals surface area contributed by atoms with Gasteiger partial charge in [-0.3, -0.25) is 4.40 Å². The number of nitrogens with zero attached hydrogens (tertiary/aromatic N) is 2. The Bertz CT molecular complexity index is 975. The normalized spacial score (nSPS) is 13.1. The van der Waals surface area contributed by atoms with E-state index in [2.05, 4.69) is 4.98 Å². The van der Waals surface area contributed by atoms with Gasteiger partial charge in [-0.2, -0.15) is 13.2 Å². The third-order valence-electron chi connectivity index (χ3n) is 3.26. The summed E-state index contributed by atoms with van der Waals surface area (Å²) >= 11 is 0. The number of pyridine rings is 1. The van der Waals surface area contributed by atoms with Gasteiger partial charge in [0.15, 0.2) is 15.5 Å². The first-order chi connectivity index (χ1) is 10.2. The lowest BCUT2D eigenvalue weighted by molar-refractivity contribution is -0.141. The van der Waals surface area contributed by atoms with Crippen molar-refractivity contribution >= 4 is 26.4 Å². The van der Waals surface area contributed by atoms with Gasteiger partial charge < -0.3 is 0 Å². The number of hydrogen-bond donors (Lipinski definition) is 0. The van der Waals surface area contributed by atoms with Crippen LogP contribution in [0.1, 0.15) is 11.4 Å². The maximum absolute atomic E-state index is 13.2. The SMILES string of the molecule is CS(=O)(=O)Cc1c(C(F)(F)F)nc2ccc3ccccc3n12. The summed E-state index contributed by atoms with van der Waals surface area (Å²) in [6.07, 6.45) is -3.81. The molecule has 2 heterocycles. The molecule has 22 heavy (non-hydrogen) atoms. The number of para-hydroxylation sites is 1. The molecule has 0 atom stereocenters. The van der Waals surface area contributed by atoms with Gasteiger partial charge in [0.1, 0.15) is 5.65 Å². The molecule has 3 rings (SSSR count). The van der Waals surface area contributed by atoms with E-state index in [4.69, 9.17) is 0 Å². The van der Waals surface area contributed by atoms with E-state index in [0.717, 1.165) is 6.26 Å². The lowest BCUT2D eigenvalue weighted by Crippen LogP contribution is -2.13. The smallest absolute Gasteiger partial charge is 0.295 e. The van der Waals surface area contributed by atoms with Crippen molar-refractivity contribution < 1.29 is 21.6 Å². The van der Waals surface area contributed by atoms with Crippen molar-refractivity contribution in [1.82, 2.24) is 9.38 Å². The van der Waals surface area contributed by atoms with Crippen LogP contribution in [-0.2, 0) is 21.8 Å². The van der Waals surface area contributed by atoms with Crippen LogP contribution in [0.5, 0.6) is 0 Å². The monoisotopic (exact) mass is 328 g/mol. The highest BCUT2D eigenvalue weighted by molar-refractivity contribution is 7.89. The van der Waals surface area contributed by atoms with Crippen LogP contribution in [0, 0.1) is 0 Å². The van der Waals surface area contributed by atoms with Gasteiger partial charge in [0.25, 0.3) is 0 Å². The molecule has 0 saturated heterocycles. The molecule has 0 aliphatic heterocycles. The summed E-state index contributed by atoms with van der Waals surface area (Å²) in [4.78, 5) is 3.59. The quantitative estimate of drug-likeness (QED) is 0.726. The lowest BCUT2D eigenvalue weighted by Gasteiger charge is -2.08. The fourth-order valence-electron chi connectivity index (χ4n) is 2.46. The third kappa shape index (κ3) is 2.54. The van der Waals surface area contributed by atoms with Gasteiger partial charge in [-0.1, -0.05) is 18.2 Å². The van der Waals surface area contributed by atoms with Crippen molar-refractivity contribution in [2.45, 2.75) is 11.9 Å². The van der Waals surface area contributed by atoms with Gasteiger partial charge in [0.2, 0.25) is 0 Å². The number of aromatic nitrogens is 2. The maximum Gasteiger partial charge on any atom is 0.435 e. The second-order valence-electron chi connectivity index (χ2n) is 5.06. The molecule has 1 aromatic carbocycles. The van der Waals surface area contributed by atoms with Crippen molar-refractivity contribution in [1.29, 1.82) is 0 Å². The summed E-state index contributed by atoms with van der Waals surface area (Å²) < 4.78 is 63.9. The third-order valence-corrected chi connectivity index (χ3v) is 4.05. The zero-order valence-corrected chi connectivity index (χ0v) is 12.2. The average molecular weight is 328 g/mol. The Balaban J connectivity index is 2.47. The van der Waals surface area contributed by atoms with Crippen molar-refractivity contribution in [3.63, 3.8) is 0 Å². The first kappa shape index (κ1) is 14.8. The topological polar surface area (TPSA) is 51.4 Å². The zero-order valence-electron chi connectivity index (χ0n) is 11.4. The highest BCUT2D eigenvalue weighted by atomic mass is 32.2. The average Bonchev–Trinajstić information content (AvgIpc) is 2.76. The number of sulfone groups is 1. The van der Waals surface area contributed by atoms with E-state index in [1.165, 1.54) is 10.5 Å². The number of alkyl halides is 3. The second-order valence-corrected chi connectivity index (χ2v) is 7.20. The van der Waals surface area contributed by atoms with E-state index in [9.17, 15) is 21.6 Å². The highest BCUT2D eigenvalue weighted by Crippen LogP contribution is 2.34. The van der Waals surface area contributed by atoms with Gasteiger partial charge in [0.05, 0.1) is 17.0 Å². The summed E-state index contributed by atoms with van der Waals surface area (Å²) in [5.41, 5.74) is -0.956. The van der Waals surface area contributed by atoms with E-state index >= 15 is 0 Å². The van der Waals surface area contributed by atoms with E-state index < -0.39 is 27.5 Å². The largest absolute Gasteiger partial charge is 0.435 e. The molecule has 0 N–H and O–H groups in total. The van der Waals surface area contributed by atoms with Crippen LogP contribution in [0.25, 0.3) is 16.6 Å². The van der Waals surface area contributed by atoms with Crippen LogP contribution in [-0.4, -0.2) is 24.1 Å². The Kier molecular flexibility index (Phi) is 3.17. The zero-order chi connectivity index (χ0) is 16.1. The summed E-state index contributed by atoms with van der Waals surface area (Å²) in [5.74, 6) is -0.725. The van der Waals surface area contributed by atoms with Crippen LogP contribution in [0.15, 0.2) is 36.4 Å². The van der Waals surface area contributed by atoms with E-state index in [-0.39, 0.29) is 11.3 Å². The van der Waals surface area contributed by atoms with Gasteiger partial charge in [-0.15, -0.1) is 0 Å². The molecule has 0 aliphatic carbocycles. The molecule has 0 bridgehead atoms. The van der Waals surface area contributed by atoms with E-state index in [0.29, 0.717) is 10.9 Å². The minimum atomic E-state index is -4.72. The van der Waals surface area contributed by atoms with Crippen molar-refractivity contribution in [3.8, 4) is 0 Å². The molecule has 0 amide bonds. The number of benzene rings is 1. The molecule has 3 aromatic rings. The highest BCUT2D eigenvalue weighted by Gasteiger charge is 2.38. The van der Waals surface area contributed by atoms with Crippen LogP contribution in [0.3, 0.4) is 0 Å².